The van der Waals surface area contributed by atoms with Crippen LogP contribution in [0.5, 0.6) is 0 Å². The highest BCUT2D eigenvalue weighted by molar-refractivity contribution is 5.75. The number of carbonyl (C=O) groups is 1. The topological polar surface area (TPSA) is 41.6 Å². The molecule has 1 aromatic carbocycles. The standard InChI is InChI=1S/C17H24N2O2/c1-13-9-16(13)18-17(20)19-8-7-15(10-19)12-21-11-14-5-3-2-4-6-14/h2-6,13,15-16H,7-12H2,1H3,(H,18,20)/t13-,15-,16-/m1/s1. The van der Waals surface area contributed by atoms with Crippen molar-refractivity contribution in [3.05, 3.63) is 35.9 Å². The Bertz CT molecular complexity index is 477. The Hall–Kier alpha value is -1.55. The molecule has 0 spiro atoms. The summed E-state index contributed by atoms with van der Waals surface area (Å²) in [4.78, 5) is 14.0. The van der Waals surface area contributed by atoms with Gasteiger partial charge in [-0.25, -0.2) is 4.79 Å². The van der Waals surface area contributed by atoms with E-state index in [1.807, 2.05) is 23.1 Å². The molecule has 21 heavy (non-hydrogen) atoms. The molecule has 1 aromatic rings. The van der Waals surface area contributed by atoms with E-state index in [4.69, 9.17) is 4.74 Å². The van der Waals surface area contributed by atoms with E-state index in [-0.39, 0.29) is 6.03 Å². The van der Waals surface area contributed by atoms with Crippen molar-refractivity contribution in [1.82, 2.24) is 10.2 Å². The van der Waals surface area contributed by atoms with E-state index >= 15 is 0 Å². The molecule has 2 aliphatic rings. The van der Waals surface area contributed by atoms with Crippen LogP contribution in [0.4, 0.5) is 4.79 Å². The maximum atomic E-state index is 12.1. The van der Waals surface area contributed by atoms with Crippen molar-refractivity contribution in [2.24, 2.45) is 11.8 Å². The van der Waals surface area contributed by atoms with Crippen LogP contribution in [0, 0.1) is 11.8 Å². The molecular weight excluding hydrogens is 264 g/mol. The van der Waals surface area contributed by atoms with Gasteiger partial charge in [0.25, 0.3) is 0 Å². The number of amides is 2. The van der Waals surface area contributed by atoms with Gasteiger partial charge in [0.2, 0.25) is 0 Å². The van der Waals surface area contributed by atoms with E-state index in [9.17, 15) is 4.79 Å². The maximum absolute atomic E-state index is 12.1. The largest absolute Gasteiger partial charge is 0.376 e. The van der Waals surface area contributed by atoms with Crippen molar-refractivity contribution in [3.63, 3.8) is 0 Å². The molecule has 0 aromatic heterocycles. The molecule has 0 unspecified atom stereocenters. The fourth-order valence-electron chi connectivity index (χ4n) is 2.84. The van der Waals surface area contributed by atoms with Gasteiger partial charge < -0.3 is 15.0 Å². The van der Waals surface area contributed by atoms with Crippen LogP contribution in [0.2, 0.25) is 0 Å². The fourth-order valence-corrected chi connectivity index (χ4v) is 2.84. The van der Waals surface area contributed by atoms with E-state index in [0.717, 1.165) is 32.5 Å². The number of urea groups is 1. The van der Waals surface area contributed by atoms with E-state index in [2.05, 4.69) is 24.4 Å². The molecule has 114 valence electrons. The van der Waals surface area contributed by atoms with Crippen molar-refractivity contribution >= 4 is 6.03 Å². The van der Waals surface area contributed by atoms with Crippen molar-refractivity contribution in [2.45, 2.75) is 32.4 Å². The highest BCUT2D eigenvalue weighted by atomic mass is 16.5. The lowest BCUT2D eigenvalue weighted by Gasteiger charge is -2.17. The number of hydrogen-bond acceptors (Lipinski definition) is 2. The first-order valence-corrected chi connectivity index (χ1v) is 7.89. The summed E-state index contributed by atoms with van der Waals surface area (Å²) in [6.07, 6.45) is 2.17. The van der Waals surface area contributed by atoms with Crippen LogP contribution in [-0.4, -0.2) is 36.7 Å². The summed E-state index contributed by atoms with van der Waals surface area (Å²) in [5, 5.41) is 3.09. The van der Waals surface area contributed by atoms with Crippen LogP contribution in [0.25, 0.3) is 0 Å². The number of nitrogens with zero attached hydrogens (tertiary/aromatic N) is 1. The number of rotatable bonds is 5. The Labute approximate surface area is 126 Å². The minimum atomic E-state index is 0.106. The molecule has 2 fully saturated rings. The summed E-state index contributed by atoms with van der Waals surface area (Å²) in [5.74, 6) is 1.12. The maximum Gasteiger partial charge on any atom is 0.317 e. The SMILES string of the molecule is C[C@@H]1C[C@H]1NC(=O)N1CC[C@@H](COCc2ccccc2)C1. The Morgan fingerprint density at radius 3 is 2.86 bits per heavy atom. The number of nitrogens with one attached hydrogen (secondary N) is 1. The zero-order valence-corrected chi connectivity index (χ0v) is 12.6. The van der Waals surface area contributed by atoms with Gasteiger partial charge in [-0.3, -0.25) is 0 Å². The normalized spacial score (nSPS) is 27.7. The highest BCUT2D eigenvalue weighted by Gasteiger charge is 2.36. The van der Waals surface area contributed by atoms with Gasteiger partial charge in [-0.2, -0.15) is 0 Å². The Morgan fingerprint density at radius 1 is 1.38 bits per heavy atom. The summed E-state index contributed by atoms with van der Waals surface area (Å²) in [6.45, 7) is 5.24. The van der Waals surface area contributed by atoms with Gasteiger partial charge in [-0.15, -0.1) is 0 Å². The Morgan fingerprint density at radius 2 is 2.14 bits per heavy atom. The second-order valence-electron chi connectivity index (χ2n) is 6.37. The van der Waals surface area contributed by atoms with E-state index in [1.54, 1.807) is 0 Å². The minimum Gasteiger partial charge on any atom is -0.376 e. The van der Waals surface area contributed by atoms with Gasteiger partial charge in [0.15, 0.2) is 0 Å². The monoisotopic (exact) mass is 288 g/mol. The second-order valence-corrected chi connectivity index (χ2v) is 6.37. The Kier molecular flexibility index (Phi) is 4.44. The van der Waals surface area contributed by atoms with Crippen molar-refractivity contribution in [1.29, 1.82) is 0 Å². The first-order valence-electron chi connectivity index (χ1n) is 7.89. The van der Waals surface area contributed by atoms with Crippen molar-refractivity contribution < 1.29 is 9.53 Å². The molecular formula is C17H24N2O2. The smallest absolute Gasteiger partial charge is 0.317 e. The first kappa shape index (κ1) is 14.4. The lowest BCUT2D eigenvalue weighted by Crippen LogP contribution is -2.40. The van der Waals surface area contributed by atoms with Gasteiger partial charge in [0.1, 0.15) is 0 Å². The molecule has 0 bridgehead atoms. The van der Waals surface area contributed by atoms with Crippen LogP contribution in [0.15, 0.2) is 30.3 Å². The third-order valence-corrected chi connectivity index (χ3v) is 4.46. The van der Waals surface area contributed by atoms with Gasteiger partial charge in [-0.05, 0) is 24.3 Å². The second kappa shape index (κ2) is 6.48. The average Bonchev–Trinajstić information content (AvgIpc) is 3.00. The summed E-state index contributed by atoms with van der Waals surface area (Å²) in [7, 11) is 0. The molecule has 1 N–H and O–H groups in total. The third-order valence-electron chi connectivity index (χ3n) is 4.46. The fraction of sp³-hybridized carbons (Fsp3) is 0.588. The highest BCUT2D eigenvalue weighted by Crippen LogP contribution is 2.29. The van der Waals surface area contributed by atoms with Gasteiger partial charge >= 0.3 is 6.03 Å². The molecule has 1 aliphatic carbocycles. The summed E-state index contributed by atoms with van der Waals surface area (Å²) in [5.41, 5.74) is 1.20. The molecule has 4 heteroatoms. The molecule has 1 heterocycles. The first-order chi connectivity index (χ1) is 10.2. The van der Waals surface area contributed by atoms with E-state index in [0.29, 0.717) is 24.5 Å². The molecule has 2 amide bonds. The molecule has 4 nitrogen and oxygen atoms in total. The molecule has 3 atom stereocenters. The molecule has 1 saturated carbocycles. The number of benzene rings is 1. The van der Waals surface area contributed by atoms with E-state index in [1.165, 1.54) is 5.56 Å². The Balaban J connectivity index is 1.35. The number of hydrogen-bond donors (Lipinski definition) is 1. The summed E-state index contributed by atoms with van der Waals surface area (Å²) >= 11 is 0. The molecule has 0 radical (unpaired) electrons. The zero-order valence-electron chi connectivity index (χ0n) is 12.6. The van der Waals surface area contributed by atoms with Crippen LogP contribution < -0.4 is 5.32 Å². The van der Waals surface area contributed by atoms with E-state index < -0.39 is 0 Å². The zero-order chi connectivity index (χ0) is 14.7. The predicted molar refractivity (Wildman–Crippen MR) is 81.9 cm³/mol. The lowest BCUT2D eigenvalue weighted by molar-refractivity contribution is 0.0897. The number of ether oxygens (including phenoxy) is 1. The number of carbonyl (C=O) groups excluding carboxylic acids is 1. The molecule has 1 aliphatic heterocycles. The summed E-state index contributed by atoms with van der Waals surface area (Å²) in [6, 6.07) is 10.7. The van der Waals surface area contributed by atoms with Gasteiger partial charge in [0, 0.05) is 25.0 Å². The van der Waals surface area contributed by atoms with Gasteiger partial charge in [0.05, 0.1) is 13.2 Å². The third kappa shape index (κ3) is 3.97. The molecule has 3 rings (SSSR count). The summed E-state index contributed by atoms with van der Waals surface area (Å²) < 4.78 is 5.78. The molecule has 1 saturated heterocycles. The van der Waals surface area contributed by atoms with Crippen molar-refractivity contribution in [3.8, 4) is 0 Å². The van der Waals surface area contributed by atoms with Crippen molar-refractivity contribution in [2.75, 3.05) is 19.7 Å². The minimum absolute atomic E-state index is 0.106. The average molecular weight is 288 g/mol. The number of likely N-dealkylation sites (tertiary alicyclic amines) is 1. The quantitative estimate of drug-likeness (QED) is 0.905. The van der Waals surface area contributed by atoms with Gasteiger partial charge in [-0.1, -0.05) is 37.3 Å². The van der Waals surface area contributed by atoms with Crippen LogP contribution >= 0.6 is 0 Å². The van der Waals surface area contributed by atoms with Crippen LogP contribution in [-0.2, 0) is 11.3 Å². The van der Waals surface area contributed by atoms with Crippen LogP contribution in [0.1, 0.15) is 25.3 Å². The van der Waals surface area contributed by atoms with Crippen LogP contribution in [0.3, 0.4) is 0 Å². The predicted octanol–water partition coefficient (Wildman–Crippen LogP) is 2.64. The lowest BCUT2D eigenvalue weighted by atomic mass is 10.1.